The van der Waals surface area contributed by atoms with E-state index in [9.17, 15) is 9.59 Å². The van der Waals surface area contributed by atoms with Crippen molar-refractivity contribution >= 4 is 45.0 Å². The second kappa shape index (κ2) is 6.65. The van der Waals surface area contributed by atoms with Gasteiger partial charge in [-0.2, -0.15) is 0 Å². The summed E-state index contributed by atoms with van der Waals surface area (Å²) >= 11 is 9.81. The highest BCUT2D eigenvalue weighted by atomic mass is 79.9. The Balaban J connectivity index is 2.72. The van der Waals surface area contributed by atoms with Crippen LogP contribution in [-0.4, -0.2) is 17.4 Å². The quantitative estimate of drug-likeness (QED) is 0.772. The largest absolute Gasteiger partial charge is 0.430 e. The summed E-state index contributed by atoms with van der Waals surface area (Å²) in [4.78, 5) is 24.1. The van der Waals surface area contributed by atoms with Gasteiger partial charge < -0.3 is 10.1 Å². The molecule has 0 radical (unpaired) electrons. The molecule has 0 fully saturated rings. The Morgan fingerprint density at radius 2 is 2.09 bits per heavy atom. The topological polar surface area (TPSA) is 55.4 Å². The monoisotopic (exact) mass is 399 g/mol. The lowest BCUT2D eigenvalue weighted by Crippen LogP contribution is -2.48. The molecule has 0 bridgehead atoms. The number of hydrogen-bond donors (Lipinski definition) is 1. The van der Waals surface area contributed by atoms with Crippen molar-refractivity contribution < 1.29 is 14.3 Å². The van der Waals surface area contributed by atoms with Crippen molar-refractivity contribution in [2.75, 3.05) is 0 Å². The number of nitrogens with one attached hydrogen (secondary N) is 1. The molecule has 2 rings (SSSR count). The number of amides is 1. The first-order valence-corrected chi connectivity index (χ1v) is 8.54. The minimum absolute atomic E-state index is 0.281. The Kier molecular flexibility index (Phi) is 5.21. The molecule has 0 saturated heterocycles. The summed E-state index contributed by atoms with van der Waals surface area (Å²) in [5, 5.41) is 3.39. The maximum absolute atomic E-state index is 12.7. The number of ether oxygens (including phenoxy) is 1. The summed E-state index contributed by atoms with van der Waals surface area (Å²) in [6.45, 7) is 7.08. The third kappa shape index (κ3) is 3.96. The van der Waals surface area contributed by atoms with Crippen molar-refractivity contribution in [3.05, 3.63) is 38.5 Å². The number of benzene rings is 1. The van der Waals surface area contributed by atoms with Gasteiger partial charge >= 0.3 is 5.97 Å². The van der Waals surface area contributed by atoms with E-state index in [4.69, 9.17) is 16.3 Å². The fraction of sp³-hybridized carbons (Fsp3) is 0.412. The molecule has 6 heteroatoms. The van der Waals surface area contributed by atoms with Crippen molar-refractivity contribution in [1.82, 2.24) is 5.32 Å². The number of rotatable bonds is 3. The van der Waals surface area contributed by atoms with Gasteiger partial charge in [-0.3, -0.25) is 9.59 Å². The van der Waals surface area contributed by atoms with Gasteiger partial charge in [0.1, 0.15) is 5.76 Å². The molecule has 0 atom stereocenters. The first kappa shape index (κ1) is 18.0. The van der Waals surface area contributed by atoms with Crippen LogP contribution in [0.5, 0.6) is 0 Å². The highest BCUT2D eigenvalue weighted by molar-refractivity contribution is 9.10. The van der Waals surface area contributed by atoms with Crippen molar-refractivity contribution in [1.29, 1.82) is 0 Å². The lowest BCUT2D eigenvalue weighted by Gasteiger charge is -2.33. The molecule has 23 heavy (non-hydrogen) atoms. The van der Waals surface area contributed by atoms with Crippen LogP contribution in [0.25, 0.3) is 5.57 Å². The number of aryl methyl sites for hydroxylation is 1. The van der Waals surface area contributed by atoms with E-state index in [-0.39, 0.29) is 5.91 Å². The zero-order valence-electron chi connectivity index (χ0n) is 13.5. The van der Waals surface area contributed by atoms with Crippen molar-refractivity contribution in [3.63, 3.8) is 0 Å². The molecule has 1 N–H and O–H groups in total. The maximum Gasteiger partial charge on any atom is 0.307 e. The van der Waals surface area contributed by atoms with Crippen molar-refractivity contribution in [2.24, 2.45) is 0 Å². The van der Waals surface area contributed by atoms with Crippen LogP contribution in [-0.2, 0) is 20.7 Å². The van der Waals surface area contributed by atoms with E-state index in [1.807, 2.05) is 26.8 Å². The first-order chi connectivity index (χ1) is 10.6. The van der Waals surface area contributed by atoms with Gasteiger partial charge in [0.2, 0.25) is 0 Å². The van der Waals surface area contributed by atoms with Gasteiger partial charge in [0.05, 0.1) is 10.6 Å². The van der Waals surface area contributed by atoms with E-state index >= 15 is 0 Å². The summed E-state index contributed by atoms with van der Waals surface area (Å²) in [5.74, 6) is -0.365. The fourth-order valence-electron chi connectivity index (χ4n) is 2.73. The molecule has 4 nitrogen and oxygen atoms in total. The number of esters is 1. The lowest BCUT2D eigenvalue weighted by atomic mass is 9.87. The Hall–Kier alpha value is -1.33. The summed E-state index contributed by atoms with van der Waals surface area (Å²) in [5.41, 5.74) is 1.40. The van der Waals surface area contributed by atoms with E-state index in [2.05, 4.69) is 21.2 Å². The van der Waals surface area contributed by atoms with Gasteiger partial charge in [0.25, 0.3) is 5.91 Å². The lowest BCUT2D eigenvalue weighted by molar-refractivity contribution is -0.137. The van der Waals surface area contributed by atoms with Crippen molar-refractivity contribution in [3.8, 4) is 0 Å². The predicted molar refractivity (Wildman–Crippen MR) is 94.1 cm³/mol. The molecule has 0 saturated carbocycles. The maximum atomic E-state index is 12.7. The Morgan fingerprint density at radius 3 is 2.65 bits per heavy atom. The zero-order valence-corrected chi connectivity index (χ0v) is 15.9. The molecule has 0 aromatic heterocycles. The molecule has 124 valence electrons. The molecule has 1 aromatic carbocycles. The molecule has 1 amide bonds. The average Bonchev–Trinajstić information content (AvgIpc) is 2.37. The molecule has 1 aliphatic rings. The highest BCUT2D eigenvalue weighted by Crippen LogP contribution is 2.38. The van der Waals surface area contributed by atoms with Crippen molar-refractivity contribution in [2.45, 2.75) is 46.1 Å². The third-order valence-electron chi connectivity index (χ3n) is 3.59. The Bertz CT molecular complexity index is 710. The van der Waals surface area contributed by atoms with Crippen LogP contribution in [0.15, 0.2) is 22.4 Å². The summed E-state index contributed by atoms with van der Waals surface area (Å²) < 4.78 is 6.20. The van der Waals surface area contributed by atoms with Gasteiger partial charge in [-0.1, -0.05) is 34.5 Å². The standard InChI is InChI=1S/C17H19BrClNO3/c1-5-10-6-11(18)7-12(19)14(10)15-13(23-9(2)21)8-17(3,4)20-16(15)22/h6-7H,5,8H2,1-4H3,(H,20,22). The number of hydrogen-bond acceptors (Lipinski definition) is 3. The van der Waals surface area contributed by atoms with E-state index in [1.165, 1.54) is 6.92 Å². The zero-order chi connectivity index (χ0) is 17.4. The minimum atomic E-state index is -0.487. The molecule has 0 unspecified atom stereocenters. The normalized spacial score (nSPS) is 17.0. The van der Waals surface area contributed by atoms with Gasteiger partial charge in [0.15, 0.2) is 0 Å². The second-order valence-electron chi connectivity index (χ2n) is 6.18. The van der Waals surface area contributed by atoms with E-state index in [1.54, 1.807) is 6.07 Å². The molecule has 0 aliphatic carbocycles. The fourth-order valence-corrected chi connectivity index (χ4v) is 3.70. The van der Waals surface area contributed by atoms with E-state index < -0.39 is 11.5 Å². The molecule has 1 aromatic rings. The molecule has 1 aliphatic heterocycles. The minimum Gasteiger partial charge on any atom is -0.430 e. The van der Waals surface area contributed by atoms with Crippen LogP contribution in [0, 0.1) is 0 Å². The van der Waals surface area contributed by atoms with Crippen LogP contribution < -0.4 is 5.32 Å². The molecule has 1 heterocycles. The molecular formula is C17H19BrClNO3. The van der Waals surface area contributed by atoms with E-state index in [0.717, 1.165) is 10.0 Å². The Labute approximate surface area is 149 Å². The summed E-state index contributed by atoms with van der Waals surface area (Å²) in [6.07, 6.45) is 1.12. The highest BCUT2D eigenvalue weighted by Gasteiger charge is 2.36. The summed E-state index contributed by atoms with van der Waals surface area (Å²) in [7, 11) is 0. The summed E-state index contributed by atoms with van der Waals surface area (Å²) in [6, 6.07) is 3.66. The van der Waals surface area contributed by atoms with E-state index in [0.29, 0.717) is 34.8 Å². The van der Waals surface area contributed by atoms with Gasteiger partial charge in [0, 0.05) is 28.9 Å². The number of carbonyl (C=O) groups is 2. The van der Waals surface area contributed by atoms with Crippen LogP contribution in [0.3, 0.4) is 0 Å². The molecule has 0 spiro atoms. The number of carbonyl (C=O) groups excluding carboxylic acids is 2. The van der Waals surface area contributed by atoms with Crippen LogP contribution >= 0.6 is 27.5 Å². The second-order valence-corrected chi connectivity index (χ2v) is 7.50. The predicted octanol–water partition coefficient (Wildman–Crippen LogP) is 4.24. The van der Waals surface area contributed by atoms with Gasteiger partial charge in [-0.25, -0.2) is 0 Å². The van der Waals surface area contributed by atoms with Crippen LogP contribution in [0.1, 0.15) is 45.2 Å². The van der Waals surface area contributed by atoms with Crippen LogP contribution in [0.4, 0.5) is 0 Å². The van der Waals surface area contributed by atoms with Gasteiger partial charge in [-0.15, -0.1) is 0 Å². The SMILES string of the molecule is CCc1cc(Br)cc(Cl)c1C1=C(OC(C)=O)CC(C)(C)NC1=O. The molecular weight excluding hydrogens is 382 g/mol. The third-order valence-corrected chi connectivity index (χ3v) is 4.35. The Morgan fingerprint density at radius 1 is 1.43 bits per heavy atom. The van der Waals surface area contributed by atoms with Crippen LogP contribution in [0.2, 0.25) is 5.02 Å². The number of halogens is 2. The smallest absolute Gasteiger partial charge is 0.307 e. The van der Waals surface area contributed by atoms with Gasteiger partial charge in [-0.05, 0) is 38.0 Å². The average molecular weight is 401 g/mol. The first-order valence-electron chi connectivity index (χ1n) is 7.37.